The van der Waals surface area contributed by atoms with E-state index in [1.54, 1.807) is 12.1 Å². The lowest BCUT2D eigenvalue weighted by Gasteiger charge is -2.07. The lowest BCUT2D eigenvalue weighted by atomic mass is 10.0. The smallest absolute Gasteiger partial charge is 0.137 e. The SMILES string of the molecule is Cc1ccc(-c2nc3ccc(Cl)cn3c2Cc2cccc(F)c2)cc1. The number of aromatic nitrogens is 2. The van der Waals surface area contributed by atoms with Crippen molar-refractivity contribution >= 4 is 17.2 Å². The molecule has 2 aromatic carbocycles. The Morgan fingerprint density at radius 3 is 2.60 bits per heavy atom. The Morgan fingerprint density at radius 1 is 1.04 bits per heavy atom. The number of fused-ring (bicyclic) bond motifs is 1. The van der Waals surface area contributed by atoms with Crippen LogP contribution in [-0.4, -0.2) is 9.38 Å². The fourth-order valence-corrected chi connectivity index (χ4v) is 3.18. The van der Waals surface area contributed by atoms with Crippen molar-refractivity contribution in [2.75, 3.05) is 0 Å². The summed E-state index contributed by atoms with van der Waals surface area (Å²) in [6, 6.07) is 18.7. The van der Waals surface area contributed by atoms with E-state index in [-0.39, 0.29) is 5.82 Å². The van der Waals surface area contributed by atoms with E-state index >= 15 is 0 Å². The maximum atomic E-state index is 13.6. The molecule has 0 saturated carbocycles. The van der Waals surface area contributed by atoms with E-state index in [4.69, 9.17) is 16.6 Å². The van der Waals surface area contributed by atoms with E-state index in [2.05, 4.69) is 31.2 Å². The van der Waals surface area contributed by atoms with E-state index in [1.165, 1.54) is 11.6 Å². The van der Waals surface area contributed by atoms with Gasteiger partial charge in [-0.05, 0) is 36.8 Å². The molecule has 4 heteroatoms. The highest BCUT2D eigenvalue weighted by Crippen LogP contribution is 2.28. The molecule has 0 aliphatic heterocycles. The molecular weight excluding hydrogens is 335 g/mol. The van der Waals surface area contributed by atoms with Gasteiger partial charge >= 0.3 is 0 Å². The third-order valence-electron chi connectivity index (χ3n) is 4.27. The highest BCUT2D eigenvalue weighted by Gasteiger charge is 2.15. The molecule has 0 radical (unpaired) electrons. The van der Waals surface area contributed by atoms with E-state index in [1.807, 2.05) is 28.8 Å². The first-order chi connectivity index (χ1) is 12.1. The van der Waals surface area contributed by atoms with Gasteiger partial charge in [0.15, 0.2) is 0 Å². The van der Waals surface area contributed by atoms with E-state index < -0.39 is 0 Å². The number of halogens is 2. The van der Waals surface area contributed by atoms with Crippen LogP contribution in [0.3, 0.4) is 0 Å². The highest BCUT2D eigenvalue weighted by molar-refractivity contribution is 6.30. The van der Waals surface area contributed by atoms with Gasteiger partial charge in [0.25, 0.3) is 0 Å². The zero-order valence-electron chi connectivity index (χ0n) is 13.7. The molecule has 0 N–H and O–H groups in total. The van der Waals surface area contributed by atoms with Crippen molar-refractivity contribution in [2.45, 2.75) is 13.3 Å². The normalized spacial score (nSPS) is 11.2. The molecule has 0 unspecified atom stereocenters. The van der Waals surface area contributed by atoms with Crippen LogP contribution in [0.15, 0.2) is 66.9 Å². The molecule has 0 saturated heterocycles. The fraction of sp³-hybridized carbons (Fsp3) is 0.0952. The fourth-order valence-electron chi connectivity index (χ4n) is 3.02. The molecule has 0 fully saturated rings. The third-order valence-corrected chi connectivity index (χ3v) is 4.49. The van der Waals surface area contributed by atoms with Crippen molar-refractivity contribution in [2.24, 2.45) is 0 Å². The Kier molecular flexibility index (Phi) is 4.02. The van der Waals surface area contributed by atoms with Crippen LogP contribution in [0.2, 0.25) is 5.02 Å². The van der Waals surface area contributed by atoms with Crippen molar-refractivity contribution in [1.29, 1.82) is 0 Å². The first-order valence-electron chi connectivity index (χ1n) is 8.08. The summed E-state index contributed by atoms with van der Waals surface area (Å²) in [7, 11) is 0. The van der Waals surface area contributed by atoms with Gasteiger partial charge < -0.3 is 4.40 Å². The molecule has 0 amide bonds. The Hall–Kier alpha value is -2.65. The summed E-state index contributed by atoms with van der Waals surface area (Å²) in [6.45, 7) is 2.06. The first-order valence-corrected chi connectivity index (χ1v) is 8.46. The van der Waals surface area contributed by atoms with Gasteiger partial charge in [-0.15, -0.1) is 0 Å². The van der Waals surface area contributed by atoms with Crippen LogP contribution in [0.1, 0.15) is 16.8 Å². The number of imidazole rings is 1. The zero-order chi connectivity index (χ0) is 17.4. The molecule has 0 bridgehead atoms. The van der Waals surface area contributed by atoms with Gasteiger partial charge in [-0.1, -0.05) is 53.6 Å². The summed E-state index contributed by atoms with van der Waals surface area (Å²) < 4.78 is 15.6. The van der Waals surface area contributed by atoms with Crippen molar-refractivity contribution < 1.29 is 4.39 Å². The summed E-state index contributed by atoms with van der Waals surface area (Å²) in [5.41, 5.74) is 5.85. The second-order valence-corrected chi connectivity index (χ2v) is 6.59. The number of pyridine rings is 1. The minimum atomic E-state index is -0.235. The molecule has 0 aliphatic carbocycles. The molecule has 2 heterocycles. The zero-order valence-corrected chi connectivity index (χ0v) is 14.5. The van der Waals surface area contributed by atoms with Gasteiger partial charge in [0.2, 0.25) is 0 Å². The van der Waals surface area contributed by atoms with E-state index in [0.29, 0.717) is 11.4 Å². The number of hydrogen-bond donors (Lipinski definition) is 0. The van der Waals surface area contributed by atoms with Gasteiger partial charge in [0, 0.05) is 18.2 Å². The molecule has 2 nitrogen and oxygen atoms in total. The predicted octanol–water partition coefficient (Wildman–Crippen LogP) is 5.69. The Bertz CT molecular complexity index is 1050. The average molecular weight is 351 g/mol. The van der Waals surface area contributed by atoms with Crippen LogP contribution in [-0.2, 0) is 6.42 Å². The molecule has 124 valence electrons. The highest BCUT2D eigenvalue weighted by atomic mass is 35.5. The molecular formula is C21H16ClFN2. The molecule has 4 aromatic rings. The Balaban J connectivity index is 1.91. The van der Waals surface area contributed by atoms with Gasteiger partial charge in [0.1, 0.15) is 11.5 Å². The molecule has 2 aromatic heterocycles. The number of benzene rings is 2. The lowest BCUT2D eigenvalue weighted by Crippen LogP contribution is -1.97. The third kappa shape index (κ3) is 3.15. The van der Waals surface area contributed by atoms with Gasteiger partial charge in [0.05, 0.1) is 16.4 Å². The van der Waals surface area contributed by atoms with E-state index in [0.717, 1.165) is 28.2 Å². The minimum absolute atomic E-state index is 0.235. The molecule has 4 rings (SSSR count). The quantitative estimate of drug-likeness (QED) is 0.463. The minimum Gasteiger partial charge on any atom is -0.302 e. The predicted molar refractivity (Wildman–Crippen MR) is 99.6 cm³/mol. The second kappa shape index (κ2) is 6.34. The first kappa shape index (κ1) is 15.9. The molecule has 0 aliphatic rings. The topological polar surface area (TPSA) is 17.3 Å². The number of nitrogens with zero attached hydrogens (tertiary/aromatic N) is 2. The molecule has 0 spiro atoms. The van der Waals surface area contributed by atoms with Crippen molar-refractivity contribution in [3.05, 3.63) is 94.5 Å². The van der Waals surface area contributed by atoms with Crippen molar-refractivity contribution in [3.8, 4) is 11.3 Å². The van der Waals surface area contributed by atoms with Crippen LogP contribution in [0.4, 0.5) is 4.39 Å². The van der Waals surface area contributed by atoms with Gasteiger partial charge in [-0.25, -0.2) is 9.37 Å². The van der Waals surface area contributed by atoms with Crippen LogP contribution < -0.4 is 0 Å². The van der Waals surface area contributed by atoms with Crippen molar-refractivity contribution in [1.82, 2.24) is 9.38 Å². The average Bonchev–Trinajstić information content (AvgIpc) is 2.93. The van der Waals surface area contributed by atoms with Gasteiger partial charge in [-0.2, -0.15) is 0 Å². The Morgan fingerprint density at radius 2 is 1.84 bits per heavy atom. The summed E-state index contributed by atoms with van der Waals surface area (Å²) >= 11 is 6.19. The summed E-state index contributed by atoms with van der Waals surface area (Å²) in [5, 5.41) is 0.640. The number of hydrogen-bond acceptors (Lipinski definition) is 1. The van der Waals surface area contributed by atoms with Crippen molar-refractivity contribution in [3.63, 3.8) is 0 Å². The maximum Gasteiger partial charge on any atom is 0.137 e. The molecule has 0 atom stereocenters. The lowest BCUT2D eigenvalue weighted by molar-refractivity contribution is 0.626. The van der Waals surface area contributed by atoms with Crippen LogP contribution in [0, 0.1) is 12.7 Å². The number of rotatable bonds is 3. The second-order valence-electron chi connectivity index (χ2n) is 6.16. The number of aryl methyl sites for hydroxylation is 1. The monoisotopic (exact) mass is 350 g/mol. The summed E-state index contributed by atoms with van der Waals surface area (Å²) in [5.74, 6) is -0.235. The van der Waals surface area contributed by atoms with Crippen LogP contribution in [0.5, 0.6) is 0 Å². The van der Waals surface area contributed by atoms with E-state index in [9.17, 15) is 4.39 Å². The van der Waals surface area contributed by atoms with Crippen LogP contribution in [0.25, 0.3) is 16.9 Å². The standard InChI is InChI=1S/C21H16ClFN2/c1-14-5-7-16(8-6-14)21-19(12-15-3-2-4-18(23)11-15)25-13-17(22)9-10-20(25)24-21/h2-11,13H,12H2,1H3. The molecule has 25 heavy (non-hydrogen) atoms. The summed E-state index contributed by atoms with van der Waals surface area (Å²) in [6.07, 6.45) is 2.43. The largest absolute Gasteiger partial charge is 0.302 e. The Labute approximate surface area is 150 Å². The maximum absolute atomic E-state index is 13.6. The summed E-state index contributed by atoms with van der Waals surface area (Å²) in [4.78, 5) is 4.78. The van der Waals surface area contributed by atoms with Crippen LogP contribution >= 0.6 is 11.6 Å². The van der Waals surface area contributed by atoms with Gasteiger partial charge in [-0.3, -0.25) is 0 Å².